The van der Waals surface area contributed by atoms with Gasteiger partial charge in [0.2, 0.25) is 0 Å². The fraction of sp³-hybridized carbons (Fsp3) is 0.471. The Labute approximate surface area is 126 Å². The summed E-state index contributed by atoms with van der Waals surface area (Å²) in [5, 5.41) is 8.26. The van der Waals surface area contributed by atoms with E-state index in [1.165, 1.54) is 5.56 Å². The number of hydrogen-bond donors (Lipinski definition) is 1. The smallest absolute Gasteiger partial charge is 0.125 e. The maximum atomic E-state index is 5.80. The SMILES string of the molecule is CCOc1ccccc1C1CCNc2cc(C(C)C)nn21. The normalized spacial score (nSPS) is 17.4. The molecule has 1 aliphatic rings. The summed E-state index contributed by atoms with van der Waals surface area (Å²) in [6.45, 7) is 8.03. The first-order valence-corrected chi connectivity index (χ1v) is 7.75. The lowest BCUT2D eigenvalue weighted by Crippen LogP contribution is -2.24. The zero-order chi connectivity index (χ0) is 14.8. The molecule has 2 heterocycles. The summed E-state index contributed by atoms with van der Waals surface area (Å²) in [6.07, 6.45) is 1.02. The molecule has 1 aromatic heterocycles. The van der Waals surface area contributed by atoms with E-state index in [-0.39, 0.29) is 6.04 Å². The second kappa shape index (κ2) is 5.80. The third-order valence-corrected chi connectivity index (χ3v) is 3.94. The van der Waals surface area contributed by atoms with Gasteiger partial charge in [-0.05, 0) is 25.3 Å². The maximum absolute atomic E-state index is 5.80. The molecule has 0 radical (unpaired) electrons. The number of benzene rings is 1. The van der Waals surface area contributed by atoms with Gasteiger partial charge in [0, 0.05) is 18.2 Å². The van der Waals surface area contributed by atoms with E-state index < -0.39 is 0 Å². The maximum Gasteiger partial charge on any atom is 0.125 e. The predicted octanol–water partition coefficient (Wildman–Crippen LogP) is 3.81. The lowest BCUT2D eigenvalue weighted by atomic mass is 10.0. The lowest BCUT2D eigenvalue weighted by molar-refractivity contribution is 0.328. The monoisotopic (exact) mass is 285 g/mol. The molecule has 1 aromatic carbocycles. The molecule has 1 atom stereocenters. The van der Waals surface area contributed by atoms with E-state index in [0.717, 1.165) is 30.2 Å². The van der Waals surface area contributed by atoms with Gasteiger partial charge in [-0.25, -0.2) is 4.68 Å². The highest BCUT2D eigenvalue weighted by atomic mass is 16.5. The molecule has 0 spiro atoms. The van der Waals surface area contributed by atoms with Crippen molar-refractivity contribution in [1.29, 1.82) is 0 Å². The first-order chi connectivity index (χ1) is 10.2. The number of anilines is 1. The Morgan fingerprint density at radius 2 is 2.19 bits per heavy atom. The van der Waals surface area contributed by atoms with Gasteiger partial charge in [-0.2, -0.15) is 5.10 Å². The molecule has 21 heavy (non-hydrogen) atoms. The third-order valence-electron chi connectivity index (χ3n) is 3.94. The summed E-state index contributed by atoms with van der Waals surface area (Å²) in [5.74, 6) is 2.52. The van der Waals surface area contributed by atoms with Crippen molar-refractivity contribution in [1.82, 2.24) is 9.78 Å². The second-order valence-electron chi connectivity index (χ2n) is 5.76. The topological polar surface area (TPSA) is 39.1 Å². The Balaban J connectivity index is 2.02. The summed E-state index contributed by atoms with van der Waals surface area (Å²) in [6, 6.07) is 10.7. The van der Waals surface area contributed by atoms with Gasteiger partial charge in [0.05, 0.1) is 18.3 Å². The molecule has 0 fully saturated rings. The van der Waals surface area contributed by atoms with Crippen LogP contribution in [-0.2, 0) is 0 Å². The van der Waals surface area contributed by atoms with Crippen LogP contribution in [0.25, 0.3) is 0 Å². The summed E-state index contributed by atoms with van der Waals surface area (Å²) >= 11 is 0. The molecule has 1 unspecified atom stereocenters. The van der Waals surface area contributed by atoms with E-state index in [9.17, 15) is 0 Å². The first kappa shape index (κ1) is 14.0. The van der Waals surface area contributed by atoms with Crippen molar-refractivity contribution in [2.24, 2.45) is 0 Å². The number of nitrogens with one attached hydrogen (secondary N) is 1. The minimum absolute atomic E-state index is 0.247. The van der Waals surface area contributed by atoms with Crippen molar-refractivity contribution in [3.63, 3.8) is 0 Å². The van der Waals surface area contributed by atoms with E-state index >= 15 is 0 Å². The van der Waals surface area contributed by atoms with Crippen LogP contribution in [0.2, 0.25) is 0 Å². The highest BCUT2D eigenvalue weighted by Crippen LogP contribution is 2.35. The molecule has 0 bridgehead atoms. The summed E-state index contributed by atoms with van der Waals surface area (Å²) in [5.41, 5.74) is 2.36. The van der Waals surface area contributed by atoms with Crippen molar-refractivity contribution in [2.75, 3.05) is 18.5 Å². The van der Waals surface area contributed by atoms with Crippen LogP contribution in [0.15, 0.2) is 30.3 Å². The molecular formula is C17H23N3O. The van der Waals surface area contributed by atoms with E-state index in [2.05, 4.69) is 42.0 Å². The zero-order valence-corrected chi connectivity index (χ0v) is 13.0. The lowest BCUT2D eigenvalue weighted by Gasteiger charge is -2.27. The van der Waals surface area contributed by atoms with Gasteiger partial charge in [0.25, 0.3) is 0 Å². The van der Waals surface area contributed by atoms with Gasteiger partial charge in [0.1, 0.15) is 11.6 Å². The zero-order valence-electron chi connectivity index (χ0n) is 13.0. The van der Waals surface area contributed by atoms with Gasteiger partial charge in [-0.1, -0.05) is 32.0 Å². The minimum atomic E-state index is 0.247. The average Bonchev–Trinajstić information content (AvgIpc) is 2.92. The Morgan fingerprint density at radius 1 is 1.38 bits per heavy atom. The van der Waals surface area contributed by atoms with Crippen LogP contribution in [-0.4, -0.2) is 22.9 Å². The number of fused-ring (bicyclic) bond motifs is 1. The van der Waals surface area contributed by atoms with E-state index in [1.54, 1.807) is 0 Å². The van der Waals surface area contributed by atoms with Crippen LogP contribution >= 0.6 is 0 Å². The number of ether oxygens (including phenoxy) is 1. The van der Waals surface area contributed by atoms with E-state index in [1.807, 2.05) is 19.1 Å². The van der Waals surface area contributed by atoms with Crippen molar-refractivity contribution < 1.29 is 4.74 Å². The van der Waals surface area contributed by atoms with E-state index in [0.29, 0.717) is 12.5 Å². The molecule has 112 valence electrons. The summed E-state index contributed by atoms with van der Waals surface area (Å²) in [7, 11) is 0. The molecule has 1 aliphatic heterocycles. The molecule has 3 rings (SSSR count). The molecule has 0 saturated carbocycles. The predicted molar refractivity (Wildman–Crippen MR) is 85.2 cm³/mol. The highest BCUT2D eigenvalue weighted by Gasteiger charge is 2.25. The number of aromatic nitrogens is 2. The van der Waals surface area contributed by atoms with Gasteiger partial charge in [-0.3, -0.25) is 0 Å². The van der Waals surface area contributed by atoms with Crippen LogP contribution in [0.1, 0.15) is 50.4 Å². The Morgan fingerprint density at radius 3 is 2.95 bits per heavy atom. The molecule has 0 aliphatic carbocycles. The van der Waals surface area contributed by atoms with Crippen molar-refractivity contribution in [2.45, 2.75) is 39.2 Å². The number of rotatable bonds is 4. The summed E-state index contributed by atoms with van der Waals surface area (Å²) < 4.78 is 7.92. The summed E-state index contributed by atoms with van der Waals surface area (Å²) in [4.78, 5) is 0. The van der Waals surface area contributed by atoms with Crippen LogP contribution < -0.4 is 10.1 Å². The molecule has 4 nitrogen and oxygen atoms in total. The highest BCUT2D eigenvalue weighted by molar-refractivity contribution is 5.44. The van der Waals surface area contributed by atoms with Crippen molar-refractivity contribution >= 4 is 5.82 Å². The van der Waals surface area contributed by atoms with Gasteiger partial charge < -0.3 is 10.1 Å². The quantitative estimate of drug-likeness (QED) is 0.928. The third kappa shape index (κ3) is 2.62. The van der Waals surface area contributed by atoms with Crippen molar-refractivity contribution in [3.05, 3.63) is 41.6 Å². The Kier molecular flexibility index (Phi) is 3.86. The first-order valence-electron chi connectivity index (χ1n) is 7.75. The van der Waals surface area contributed by atoms with Gasteiger partial charge in [-0.15, -0.1) is 0 Å². The van der Waals surface area contributed by atoms with Crippen molar-refractivity contribution in [3.8, 4) is 5.75 Å². The number of para-hydroxylation sites is 1. The van der Waals surface area contributed by atoms with Gasteiger partial charge in [0.15, 0.2) is 0 Å². The number of hydrogen-bond acceptors (Lipinski definition) is 3. The minimum Gasteiger partial charge on any atom is -0.494 e. The molecule has 0 saturated heterocycles. The molecule has 0 amide bonds. The van der Waals surface area contributed by atoms with Crippen LogP contribution in [0.3, 0.4) is 0 Å². The number of nitrogens with zero attached hydrogens (tertiary/aromatic N) is 2. The van der Waals surface area contributed by atoms with Crippen LogP contribution in [0, 0.1) is 0 Å². The van der Waals surface area contributed by atoms with E-state index in [4.69, 9.17) is 9.84 Å². The average molecular weight is 285 g/mol. The fourth-order valence-corrected chi connectivity index (χ4v) is 2.85. The van der Waals surface area contributed by atoms with Crippen LogP contribution in [0.5, 0.6) is 5.75 Å². The second-order valence-corrected chi connectivity index (χ2v) is 5.76. The fourth-order valence-electron chi connectivity index (χ4n) is 2.85. The largest absolute Gasteiger partial charge is 0.494 e. The molecule has 1 N–H and O–H groups in total. The van der Waals surface area contributed by atoms with Crippen LogP contribution in [0.4, 0.5) is 5.82 Å². The van der Waals surface area contributed by atoms with Gasteiger partial charge >= 0.3 is 0 Å². The molecular weight excluding hydrogens is 262 g/mol. The molecule has 4 heteroatoms. The molecule has 2 aromatic rings. The Bertz CT molecular complexity index is 618. The standard InChI is InChI=1S/C17H23N3O/c1-4-21-16-8-6-5-7-13(16)15-9-10-18-17-11-14(12(2)3)19-20(15)17/h5-8,11-12,15,18H,4,9-10H2,1-3H3. The Hall–Kier alpha value is -1.97.